The zero-order valence-electron chi connectivity index (χ0n) is 15.6. The van der Waals surface area contributed by atoms with E-state index in [9.17, 15) is 4.79 Å². The zero-order valence-corrected chi connectivity index (χ0v) is 15.6. The smallest absolute Gasteiger partial charge is 0.272 e. The first-order valence-corrected chi connectivity index (χ1v) is 9.54. The van der Waals surface area contributed by atoms with Crippen LogP contribution in [0.25, 0.3) is 0 Å². The Hall–Kier alpha value is -2.67. The molecule has 7 heteroatoms. The lowest BCUT2D eigenvalue weighted by Crippen LogP contribution is -2.41. The van der Waals surface area contributed by atoms with Crippen molar-refractivity contribution >= 4 is 23.1 Å². The molecular weight excluding hydrogens is 342 g/mol. The van der Waals surface area contributed by atoms with Crippen LogP contribution in [0, 0.1) is 6.92 Å². The lowest BCUT2D eigenvalue weighted by atomic mass is 10.2. The number of aromatic nitrogens is 2. The number of nitrogens with zero attached hydrogens (tertiary/aromatic N) is 4. The summed E-state index contributed by atoms with van der Waals surface area (Å²) in [6.45, 7) is 6.41. The number of benzene rings is 1. The van der Waals surface area contributed by atoms with Gasteiger partial charge in [0.25, 0.3) is 5.91 Å². The van der Waals surface area contributed by atoms with E-state index in [1.807, 2.05) is 0 Å². The van der Waals surface area contributed by atoms with E-state index in [0.717, 1.165) is 18.8 Å². The lowest BCUT2D eigenvalue weighted by molar-refractivity contribution is 0.0299. The number of carbonyl (C=O) groups excluding carboxylic acids is 1. The third kappa shape index (κ3) is 4.19. The van der Waals surface area contributed by atoms with E-state index in [4.69, 9.17) is 4.74 Å². The molecule has 2 aromatic rings. The van der Waals surface area contributed by atoms with E-state index < -0.39 is 0 Å². The van der Waals surface area contributed by atoms with Crippen LogP contribution in [0.5, 0.6) is 0 Å². The second kappa shape index (κ2) is 7.92. The van der Waals surface area contributed by atoms with Crippen LogP contribution in [0.1, 0.15) is 29.2 Å². The molecule has 0 aliphatic carbocycles. The molecule has 2 aliphatic heterocycles. The number of aryl methyl sites for hydroxylation is 1. The van der Waals surface area contributed by atoms with E-state index in [2.05, 4.69) is 44.5 Å². The Bertz CT molecular complexity index is 797. The van der Waals surface area contributed by atoms with Gasteiger partial charge in [-0.25, -0.2) is 9.97 Å². The molecule has 142 valence electrons. The molecule has 1 aromatic carbocycles. The van der Waals surface area contributed by atoms with E-state index in [-0.39, 0.29) is 5.91 Å². The van der Waals surface area contributed by atoms with Gasteiger partial charge in [0.1, 0.15) is 17.3 Å². The first kappa shape index (κ1) is 17.7. The molecule has 7 nitrogen and oxygen atoms in total. The van der Waals surface area contributed by atoms with Crippen LogP contribution in [-0.4, -0.2) is 60.2 Å². The highest BCUT2D eigenvalue weighted by Crippen LogP contribution is 2.23. The molecular formula is C20H25N5O2. The third-order valence-electron chi connectivity index (χ3n) is 4.97. The van der Waals surface area contributed by atoms with Crippen molar-refractivity contribution in [3.05, 3.63) is 41.9 Å². The molecule has 2 fully saturated rings. The van der Waals surface area contributed by atoms with Crippen molar-refractivity contribution in [3.63, 3.8) is 0 Å². The molecule has 2 aliphatic rings. The molecule has 3 heterocycles. The lowest BCUT2D eigenvalue weighted by Gasteiger charge is -2.26. The second-order valence-electron chi connectivity index (χ2n) is 6.96. The quantitative estimate of drug-likeness (QED) is 0.896. The van der Waals surface area contributed by atoms with Crippen LogP contribution in [0.2, 0.25) is 0 Å². The average molecular weight is 367 g/mol. The summed E-state index contributed by atoms with van der Waals surface area (Å²) in [4.78, 5) is 25.6. The molecule has 1 aromatic heterocycles. The monoisotopic (exact) mass is 367 g/mol. The van der Waals surface area contributed by atoms with E-state index in [1.54, 1.807) is 17.9 Å². The summed E-state index contributed by atoms with van der Waals surface area (Å²) in [5, 5.41) is 3.30. The van der Waals surface area contributed by atoms with Gasteiger partial charge in [0, 0.05) is 43.6 Å². The van der Waals surface area contributed by atoms with Crippen molar-refractivity contribution in [2.24, 2.45) is 0 Å². The Balaban J connectivity index is 1.48. The minimum Gasteiger partial charge on any atom is -0.378 e. The molecule has 0 bridgehead atoms. The predicted octanol–water partition coefficient (Wildman–Crippen LogP) is 2.60. The fourth-order valence-electron chi connectivity index (χ4n) is 3.55. The highest BCUT2D eigenvalue weighted by atomic mass is 16.5. The normalized spacial score (nSPS) is 17.2. The summed E-state index contributed by atoms with van der Waals surface area (Å²) < 4.78 is 5.32. The molecule has 4 rings (SSSR count). The third-order valence-corrected chi connectivity index (χ3v) is 4.97. The van der Waals surface area contributed by atoms with Crippen molar-refractivity contribution in [2.75, 3.05) is 49.6 Å². The number of nitrogens with one attached hydrogen (secondary N) is 1. The molecule has 0 unspecified atom stereocenters. The standard InChI is InChI=1S/C20H25N5O2/c1-15-21-18(20(26)25-10-12-27-13-11-25)14-19(22-15)23-16-4-6-17(7-5-16)24-8-2-3-9-24/h4-7,14H,2-3,8-13H2,1H3,(H,21,22,23). The maximum absolute atomic E-state index is 12.7. The molecule has 2 saturated heterocycles. The molecule has 1 N–H and O–H groups in total. The van der Waals surface area contributed by atoms with Gasteiger partial charge >= 0.3 is 0 Å². The van der Waals surface area contributed by atoms with E-state index in [1.165, 1.54) is 18.5 Å². The van der Waals surface area contributed by atoms with Gasteiger partial charge < -0.3 is 19.9 Å². The van der Waals surface area contributed by atoms with E-state index in [0.29, 0.717) is 43.6 Å². The summed E-state index contributed by atoms with van der Waals surface area (Å²) in [6, 6.07) is 10.1. The minimum atomic E-state index is -0.0729. The van der Waals surface area contributed by atoms with Gasteiger partial charge in [-0.15, -0.1) is 0 Å². The maximum atomic E-state index is 12.7. The summed E-state index contributed by atoms with van der Waals surface area (Å²) >= 11 is 0. The minimum absolute atomic E-state index is 0.0729. The topological polar surface area (TPSA) is 70.6 Å². The van der Waals surface area contributed by atoms with Crippen LogP contribution in [0.15, 0.2) is 30.3 Å². The maximum Gasteiger partial charge on any atom is 0.272 e. The summed E-state index contributed by atoms with van der Waals surface area (Å²) in [5.74, 6) is 1.13. The first-order chi connectivity index (χ1) is 13.2. The highest BCUT2D eigenvalue weighted by molar-refractivity contribution is 5.93. The van der Waals surface area contributed by atoms with Crippen molar-refractivity contribution in [1.82, 2.24) is 14.9 Å². The van der Waals surface area contributed by atoms with Gasteiger partial charge in [-0.3, -0.25) is 4.79 Å². The van der Waals surface area contributed by atoms with Crippen LogP contribution >= 0.6 is 0 Å². The number of morpholine rings is 1. The van der Waals surface area contributed by atoms with Crippen LogP contribution in [0.4, 0.5) is 17.2 Å². The number of hydrogen-bond donors (Lipinski definition) is 1. The van der Waals surface area contributed by atoms with E-state index >= 15 is 0 Å². The SMILES string of the molecule is Cc1nc(Nc2ccc(N3CCCC3)cc2)cc(C(=O)N2CCOCC2)n1. The molecule has 0 spiro atoms. The fraction of sp³-hybridized carbons (Fsp3) is 0.450. The highest BCUT2D eigenvalue weighted by Gasteiger charge is 2.20. The predicted molar refractivity (Wildman–Crippen MR) is 105 cm³/mol. The Labute approximate surface area is 159 Å². The molecule has 1 amide bonds. The van der Waals surface area contributed by atoms with Crippen LogP contribution < -0.4 is 10.2 Å². The largest absolute Gasteiger partial charge is 0.378 e. The second-order valence-corrected chi connectivity index (χ2v) is 6.96. The average Bonchev–Trinajstić information content (AvgIpc) is 3.23. The van der Waals surface area contributed by atoms with Gasteiger partial charge in [0.05, 0.1) is 13.2 Å². The van der Waals surface area contributed by atoms with Gasteiger partial charge in [0.15, 0.2) is 0 Å². The van der Waals surface area contributed by atoms with Crippen molar-refractivity contribution in [1.29, 1.82) is 0 Å². The van der Waals surface area contributed by atoms with Gasteiger partial charge in [-0.1, -0.05) is 0 Å². The van der Waals surface area contributed by atoms with Crippen molar-refractivity contribution in [3.8, 4) is 0 Å². The Morgan fingerprint density at radius 1 is 1.04 bits per heavy atom. The van der Waals surface area contributed by atoms with Crippen LogP contribution in [-0.2, 0) is 4.74 Å². The zero-order chi connectivity index (χ0) is 18.6. The fourth-order valence-corrected chi connectivity index (χ4v) is 3.55. The molecule has 27 heavy (non-hydrogen) atoms. The Morgan fingerprint density at radius 2 is 1.74 bits per heavy atom. The van der Waals surface area contributed by atoms with Crippen molar-refractivity contribution < 1.29 is 9.53 Å². The number of amides is 1. The summed E-state index contributed by atoms with van der Waals surface area (Å²) in [7, 11) is 0. The number of anilines is 3. The summed E-state index contributed by atoms with van der Waals surface area (Å²) in [5.41, 5.74) is 2.61. The van der Waals surface area contributed by atoms with Gasteiger partial charge in [0.2, 0.25) is 0 Å². The van der Waals surface area contributed by atoms with Crippen molar-refractivity contribution in [2.45, 2.75) is 19.8 Å². The Kier molecular flexibility index (Phi) is 5.20. The van der Waals surface area contributed by atoms with Gasteiger partial charge in [-0.05, 0) is 44.0 Å². The summed E-state index contributed by atoms with van der Waals surface area (Å²) in [6.07, 6.45) is 2.53. The van der Waals surface area contributed by atoms with Crippen LogP contribution in [0.3, 0.4) is 0 Å². The molecule has 0 saturated carbocycles. The number of carbonyl (C=O) groups is 1. The number of hydrogen-bond acceptors (Lipinski definition) is 6. The molecule has 0 radical (unpaired) electrons. The number of rotatable bonds is 4. The molecule has 0 atom stereocenters. The first-order valence-electron chi connectivity index (χ1n) is 9.54. The van der Waals surface area contributed by atoms with Gasteiger partial charge in [-0.2, -0.15) is 0 Å². The Morgan fingerprint density at radius 3 is 2.44 bits per heavy atom. The number of ether oxygens (including phenoxy) is 1.